The summed E-state index contributed by atoms with van der Waals surface area (Å²) in [6.07, 6.45) is 0. The van der Waals surface area contributed by atoms with Crippen LogP contribution in [0.25, 0.3) is 0 Å². The summed E-state index contributed by atoms with van der Waals surface area (Å²) in [5, 5.41) is 0. The number of rotatable bonds is 2. The van der Waals surface area contributed by atoms with E-state index >= 15 is 0 Å². The maximum Gasteiger partial charge on any atom is 0.334 e. The van der Waals surface area contributed by atoms with Gasteiger partial charge in [-0.25, -0.2) is 4.79 Å². The molecular formula is C9H15N2O2P. The molecule has 1 heterocycles. The first-order chi connectivity index (χ1) is 6.54. The van der Waals surface area contributed by atoms with Crippen molar-refractivity contribution >= 4 is 8.73 Å². The quantitative estimate of drug-likeness (QED) is 0.681. The van der Waals surface area contributed by atoms with Crippen molar-refractivity contribution in [2.75, 3.05) is 6.66 Å². The lowest BCUT2D eigenvalue weighted by Gasteiger charge is -2.12. The van der Waals surface area contributed by atoms with Crippen LogP contribution in [0.5, 0.6) is 0 Å². The number of hydrogen-bond acceptors (Lipinski definition) is 2. The van der Waals surface area contributed by atoms with E-state index in [1.807, 2.05) is 13.6 Å². The number of hydrogen-bond donors (Lipinski definition) is 0. The van der Waals surface area contributed by atoms with Gasteiger partial charge in [0.2, 0.25) is 0 Å². The third kappa shape index (κ3) is 1.55. The SMILES string of the molecule is CCn1c(=O)c(C)c(C)n(PC)c1=O. The number of aromatic nitrogens is 2. The molecule has 1 rings (SSSR count). The Kier molecular flexibility index (Phi) is 3.27. The zero-order valence-electron chi connectivity index (χ0n) is 8.92. The van der Waals surface area contributed by atoms with Crippen LogP contribution in [0.2, 0.25) is 0 Å². The Morgan fingerprint density at radius 1 is 1.29 bits per heavy atom. The van der Waals surface area contributed by atoms with Gasteiger partial charge >= 0.3 is 5.69 Å². The minimum absolute atomic E-state index is 0.162. The molecule has 0 saturated heterocycles. The highest BCUT2D eigenvalue weighted by Gasteiger charge is 2.10. The van der Waals surface area contributed by atoms with Crippen LogP contribution in [-0.2, 0) is 6.54 Å². The summed E-state index contributed by atoms with van der Waals surface area (Å²) in [6.45, 7) is 7.75. The van der Waals surface area contributed by atoms with E-state index in [2.05, 4.69) is 0 Å². The molecule has 0 spiro atoms. The summed E-state index contributed by atoms with van der Waals surface area (Å²) >= 11 is 0. The van der Waals surface area contributed by atoms with Gasteiger partial charge in [-0.05, 0) is 36.2 Å². The van der Waals surface area contributed by atoms with Gasteiger partial charge in [-0.2, -0.15) is 0 Å². The van der Waals surface area contributed by atoms with Crippen LogP contribution in [0.15, 0.2) is 9.59 Å². The monoisotopic (exact) mass is 214 g/mol. The molecule has 1 aromatic rings. The van der Waals surface area contributed by atoms with Crippen molar-refractivity contribution in [1.29, 1.82) is 0 Å². The summed E-state index contributed by atoms with van der Waals surface area (Å²) < 4.78 is 2.93. The van der Waals surface area contributed by atoms with Gasteiger partial charge in [0.05, 0.1) is 0 Å². The van der Waals surface area contributed by atoms with Crippen molar-refractivity contribution in [3.8, 4) is 0 Å². The normalized spacial score (nSPS) is 11.4. The standard InChI is InChI=1S/C9H15N2O2P/c1-5-10-8(12)6(2)7(3)11(14-4)9(10)13/h14H,5H2,1-4H3. The van der Waals surface area contributed by atoms with Crippen LogP contribution in [0.1, 0.15) is 18.2 Å². The second-order valence-electron chi connectivity index (χ2n) is 3.10. The minimum atomic E-state index is -0.193. The summed E-state index contributed by atoms with van der Waals surface area (Å²) in [4.78, 5) is 23.4. The van der Waals surface area contributed by atoms with E-state index in [-0.39, 0.29) is 11.2 Å². The van der Waals surface area contributed by atoms with Crippen LogP contribution in [0, 0.1) is 13.8 Å². The Morgan fingerprint density at radius 3 is 2.29 bits per heavy atom. The topological polar surface area (TPSA) is 44.0 Å². The predicted molar refractivity (Wildman–Crippen MR) is 59.7 cm³/mol. The summed E-state index contributed by atoms with van der Waals surface area (Å²) in [6, 6.07) is 0. The fourth-order valence-electron chi connectivity index (χ4n) is 1.42. The van der Waals surface area contributed by atoms with E-state index in [0.29, 0.717) is 20.8 Å². The predicted octanol–water partition coefficient (Wildman–Crippen LogP) is 0.718. The van der Waals surface area contributed by atoms with E-state index in [4.69, 9.17) is 0 Å². The maximum atomic E-state index is 11.8. The lowest BCUT2D eigenvalue weighted by Crippen LogP contribution is -2.39. The van der Waals surface area contributed by atoms with Crippen molar-refractivity contribution in [3.63, 3.8) is 0 Å². The molecule has 1 atom stereocenters. The molecule has 0 bridgehead atoms. The fourth-order valence-corrected chi connectivity index (χ4v) is 2.23. The third-order valence-corrected chi connectivity index (χ3v) is 3.38. The molecule has 0 radical (unpaired) electrons. The molecule has 0 aromatic carbocycles. The zero-order chi connectivity index (χ0) is 10.9. The molecule has 0 saturated carbocycles. The lowest BCUT2D eigenvalue weighted by atomic mass is 10.3. The van der Waals surface area contributed by atoms with Crippen LogP contribution in [0.4, 0.5) is 0 Å². The van der Waals surface area contributed by atoms with Crippen molar-refractivity contribution in [1.82, 2.24) is 8.90 Å². The van der Waals surface area contributed by atoms with E-state index in [0.717, 1.165) is 5.69 Å². The van der Waals surface area contributed by atoms with Crippen molar-refractivity contribution in [3.05, 3.63) is 32.1 Å². The van der Waals surface area contributed by atoms with Crippen LogP contribution in [0.3, 0.4) is 0 Å². The van der Waals surface area contributed by atoms with Crippen LogP contribution in [-0.4, -0.2) is 15.6 Å². The highest BCUT2D eigenvalue weighted by atomic mass is 31.1. The van der Waals surface area contributed by atoms with Gasteiger partial charge in [0, 0.05) is 17.8 Å². The van der Waals surface area contributed by atoms with Crippen molar-refractivity contribution < 1.29 is 0 Å². The average molecular weight is 214 g/mol. The largest absolute Gasteiger partial charge is 0.334 e. The van der Waals surface area contributed by atoms with Gasteiger partial charge in [0.1, 0.15) is 0 Å². The molecule has 5 heteroatoms. The van der Waals surface area contributed by atoms with Gasteiger partial charge in [0.15, 0.2) is 0 Å². The van der Waals surface area contributed by atoms with Gasteiger partial charge in [-0.3, -0.25) is 13.7 Å². The van der Waals surface area contributed by atoms with Crippen molar-refractivity contribution in [2.45, 2.75) is 27.3 Å². The van der Waals surface area contributed by atoms with Crippen LogP contribution >= 0.6 is 8.73 Å². The van der Waals surface area contributed by atoms with E-state index in [1.165, 1.54) is 4.57 Å². The molecule has 0 amide bonds. The molecule has 1 unspecified atom stereocenters. The zero-order valence-corrected chi connectivity index (χ0v) is 9.92. The van der Waals surface area contributed by atoms with Gasteiger partial charge in [-0.15, -0.1) is 0 Å². The summed E-state index contributed by atoms with van der Waals surface area (Å²) in [7, 11) is 0.364. The van der Waals surface area contributed by atoms with Crippen LogP contribution < -0.4 is 11.2 Å². The molecule has 0 fully saturated rings. The highest BCUT2D eigenvalue weighted by molar-refractivity contribution is 7.35. The van der Waals surface area contributed by atoms with Gasteiger partial charge in [0.25, 0.3) is 5.56 Å². The van der Waals surface area contributed by atoms with Crippen molar-refractivity contribution in [2.24, 2.45) is 0 Å². The first kappa shape index (κ1) is 11.2. The summed E-state index contributed by atoms with van der Waals surface area (Å²) in [5.74, 6) is 0. The van der Waals surface area contributed by atoms with E-state index in [1.54, 1.807) is 18.2 Å². The number of nitrogens with zero attached hydrogens (tertiary/aromatic N) is 2. The molecule has 78 valence electrons. The van der Waals surface area contributed by atoms with Gasteiger partial charge < -0.3 is 0 Å². The first-order valence-corrected chi connectivity index (χ1v) is 6.00. The second-order valence-corrected chi connectivity index (χ2v) is 4.00. The maximum absolute atomic E-state index is 11.8. The lowest BCUT2D eigenvalue weighted by molar-refractivity contribution is 0.649. The fraction of sp³-hybridized carbons (Fsp3) is 0.556. The molecule has 0 aliphatic carbocycles. The Labute approximate surface area is 84.4 Å². The molecule has 0 aliphatic heterocycles. The molecule has 4 nitrogen and oxygen atoms in total. The third-order valence-electron chi connectivity index (χ3n) is 2.41. The highest BCUT2D eigenvalue weighted by Crippen LogP contribution is 2.09. The molecule has 14 heavy (non-hydrogen) atoms. The first-order valence-electron chi connectivity index (χ1n) is 4.55. The van der Waals surface area contributed by atoms with Gasteiger partial charge in [-0.1, -0.05) is 0 Å². The van der Waals surface area contributed by atoms with E-state index < -0.39 is 0 Å². The average Bonchev–Trinajstić information content (AvgIpc) is 2.16. The smallest absolute Gasteiger partial charge is 0.279 e. The van der Waals surface area contributed by atoms with E-state index in [9.17, 15) is 9.59 Å². The minimum Gasteiger partial charge on any atom is -0.279 e. The summed E-state index contributed by atoms with van der Waals surface area (Å²) in [5.41, 5.74) is 1.09. The Balaban J connectivity index is 3.74. The second kappa shape index (κ2) is 4.09. The molecule has 0 aliphatic rings. The molecular weight excluding hydrogens is 199 g/mol. The molecule has 1 aromatic heterocycles. The Bertz CT molecular complexity index is 459. The Morgan fingerprint density at radius 2 is 1.86 bits per heavy atom. The Hall–Kier alpha value is -0.890. The molecule has 0 N–H and O–H groups in total.